The molecule has 0 radical (unpaired) electrons. The van der Waals surface area contributed by atoms with E-state index in [0.717, 1.165) is 54.5 Å². The number of carbonyl (C=O) groups excluding carboxylic acids is 1. The van der Waals surface area contributed by atoms with Crippen LogP contribution in [0.1, 0.15) is 36.7 Å². The van der Waals surface area contributed by atoms with Gasteiger partial charge < -0.3 is 10.2 Å². The Morgan fingerprint density at radius 2 is 1.96 bits per heavy atom. The molecule has 1 saturated heterocycles. The number of hydrogen-bond donors (Lipinski definition) is 1. The molecular formula is C19H30N2OS. The van der Waals surface area contributed by atoms with Gasteiger partial charge in [0.1, 0.15) is 0 Å². The molecular weight excluding hydrogens is 304 g/mol. The molecule has 2 rings (SSSR count). The molecule has 0 amide bonds. The van der Waals surface area contributed by atoms with Crippen LogP contribution in [0.5, 0.6) is 0 Å². The minimum atomic E-state index is 0.0494. The molecule has 3 nitrogen and oxygen atoms in total. The lowest BCUT2D eigenvalue weighted by Gasteiger charge is -2.29. The Bertz CT molecular complexity index is 524. The molecule has 1 aromatic rings. The van der Waals surface area contributed by atoms with Crippen LogP contribution in [0.2, 0.25) is 0 Å². The highest BCUT2D eigenvalue weighted by atomic mass is 32.2. The molecule has 1 atom stereocenters. The summed E-state index contributed by atoms with van der Waals surface area (Å²) in [7, 11) is 0. The Morgan fingerprint density at radius 3 is 2.61 bits per heavy atom. The van der Waals surface area contributed by atoms with Gasteiger partial charge in [-0.05, 0) is 25.0 Å². The first-order chi connectivity index (χ1) is 11.0. The largest absolute Gasteiger partial charge is 0.314 e. The van der Waals surface area contributed by atoms with Crippen molar-refractivity contribution in [3.05, 3.63) is 29.3 Å². The fourth-order valence-corrected chi connectivity index (χ4v) is 3.84. The van der Waals surface area contributed by atoms with Crippen molar-refractivity contribution in [2.24, 2.45) is 11.8 Å². The molecule has 1 aromatic carbocycles. The molecule has 0 bridgehead atoms. The number of rotatable bonds is 7. The molecule has 1 aliphatic heterocycles. The van der Waals surface area contributed by atoms with E-state index in [4.69, 9.17) is 0 Å². The number of hydrogen-bond acceptors (Lipinski definition) is 4. The SMILES string of the molecule is Cc1ccc(SCC(C)C)c(C(=O)C(C)CN2CCNCC2)c1. The molecule has 1 unspecified atom stereocenters. The molecule has 0 aliphatic carbocycles. The molecule has 4 heteroatoms. The van der Waals surface area contributed by atoms with Crippen LogP contribution < -0.4 is 5.32 Å². The highest BCUT2D eigenvalue weighted by molar-refractivity contribution is 7.99. The monoisotopic (exact) mass is 334 g/mol. The fourth-order valence-electron chi connectivity index (χ4n) is 2.85. The normalized spacial score (nSPS) is 17.4. The van der Waals surface area contributed by atoms with Crippen LogP contribution >= 0.6 is 11.8 Å². The number of thioether (sulfide) groups is 1. The van der Waals surface area contributed by atoms with Crippen molar-refractivity contribution in [3.8, 4) is 0 Å². The number of nitrogens with one attached hydrogen (secondary N) is 1. The predicted molar refractivity (Wildman–Crippen MR) is 99.5 cm³/mol. The van der Waals surface area contributed by atoms with Gasteiger partial charge in [-0.25, -0.2) is 0 Å². The Morgan fingerprint density at radius 1 is 1.26 bits per heavy atom. The number of Topliss-reactive ketones (excluding diaryl/α,β-unsaturated/α-hetero) is 1. The lowest BCUT2D eigenvalue weighted by molar-refractivity contribution is 0.0884. The number of aryl methyl sites for hydroxylation is 1. The van der Waals surface area contributed by atoms with Crippen molar-refractivity contribution in [1.29, 1.82) is 0 Å². The molecule has 0 saturated carbocycles. The van der Waals surface area contributed by atoms with Crippen molar-refractivity contribution in [2.75, 3.05) is 38.5 Å². The molecule has 1 N–H and O–H groups in total. The third kappa shape index (κ3) is 5.63. The van der Waals surface area contributed by atoms with Crippen LogP contribution in [0.25, 0.3) is 0 Å². The summed E-state index contributed by atoms with van der Waals surface area (Å²) in [6, 6.07) is 6.30. The average Bonchev–Trinajstić information content (AvgIpc) is 2.53. The Balaban J connectivity index is 2.08. The third-order valence-corrected chi connectivity index (χ3v) is 5.66. The van der Waals surface area contributed by atoms with Crippen LogP contribution in [0, 0.1) is 18.8 Å². The summed E-state index contributed by atoms with van der Waals surface area (Å²) in [4.78, 5) is 16.5. The molecule has 23 heavy (non-hydrogen) atoms. The zero-order chi connectivity index (χ0) is 16.8. The summed E-state index contributed by atoms with van der Waals surface area (Å²) in [5.74, 6) is 2.02. The van der Waals surface area contributed by atoms with Crippen LogP contribution in [-0.2, 0) is 0 Å². The van der Waals surface area contributed by atoms with Crippen LogP contribution in [0.15, 0.2) is 23.1 Å². The summed E-state index contributed by atoms with van der Waals surface area (Å²) >= 11 is 1.81. The predicted octanol–water partition coefficient (Wildman–Crippen LogP) is 3.47. The van der Waals surface area contributed by atoms with Gasteiger partial charge in [0.15, 0.2) is 5.78 Å². The molecule has 128 valence electrons. The van der Waals surface area contributed by atoms with Gasteiger partial charge in [-0.1, -0.05) is 32.4 Å². The Kier molecular flexibility index (Phi) is 7.12. The zero-order valence-corrected chi connectivity index (χ0v) is 15.7. The van der Waals surface area contributed by atoms with Crippen molar-refractivity contribution < 1.29 is 4.79 Å². The second-order valence-electron chi connectivity index (χ2n) is 7.02. The second kappa shape index (κ2) is 8.86. The number of nitrogens with zero attached hydrogens (tertiary/aromatic N) is 1. The summed E-state index contributed by atoms with van der Waals surface area (Å²) in [6.07, 6.45) is 0. The van der Waals surface area contributed by atoms with Gasteiger partial charge >= 0.3 is 0 Å². The van der Waals surface area contributed by atoms with Gasteiger partial charge in [-0.3, -0.25) is 4.79 Å². The molecule has 1 heterocycles. The maximum absolute atomic E-state index is 13.0. The van der Waals surface area contributed by atoms with Gasteiger partial charge in [0.25, 0.3) is 0 Å². The van der Waals surface area contributed by atoms with E-state index in [0.29, 0.717) is 11.7 Å². The van der Waals surface area contributed by atoms with Crippen LogP contribution in [0.4, 0.5) is 0 Å². The summed E-state index contributed by atoms with van der Waals surface area (Å²) < 4.78 is 0. The van der Waals surface area contributed by atoms with Gasteiger partial charge in [0.2, 0.25) is 0 Å². The zero-order valence-electron chi connectivity index (χ0n) is 14.9. The van der Waals surface area contributed by atoms with Gasteiger partial charge in [-0.2, -0.15) is 0 Å². The molecule has 1 aliphatic rings. The van der Waals surface area contributed by atoms with Crippen molar-refractivity contribution in [1.82, 2.24) is 10.2 Å². The number of carbonyl (C=O) groups is 1. The first kappa shape index (κ1) is 18.5. The highest BCUT2D eigenvalue weighted by Gasteiger charge is 2.22. The molecule has 0 spiro atoms. The summed E-state index contributed by atoms with van der Waals surface area (Å²) in [5.41, 5.74) is 2.08. The van der Waals surface area contributed by atoms with Gasteiger partial charge in [0.05, 0.1) is 0 Å². The standard InChI is InChI=1S/C19H30N2OS/c1-14(2)13-23-18-6-5-15(3)11-17(18)19(22)16(4)12-21-9-7-20-8-10-21/h5-6,11,14,16,20H,7-10,12-13H2,1-4H3. The van der Waals surface area contributed by atoms with Crippen LogP contribution in [-0.4, -0.2) is 49.2 Å². The smallest absolute Gasteiger partial charge is 0.168 e. The second-order valence-corrected chi connectivity index (χ2v) is 8.08. The number of piperazine rings is 1. The van der Waals surface area contributed by atoms with E-state index in [-0.39, 0.29) is 5.92 Å². The molecule has 0 aromatic heterocycles. The van der Waals surface area contributed by atoms with Gasteiger partial charge in [-0.15, -0.1) is 11.8 Å². The van der Waals surface area contributed by atoms with E-state index in [2.05, 4.69) is 56.1 Å². The van der Waals surface area contributed by atoms with Crippen molar-refractivity contribution >= 4 is 17.5 Å². The molecule has 1 fully saturated rings. The lowest BCUT2D eigenvalue weighted by Crippen LogP contribution is -2.45. The van der Waals surface area contributed by atoms with E-state index in [9.17, 15) is 4.79 Å². The van der Waals surface area contributed by atoms with Crippen molar-refractivity contribution in [3.63, 3.8) is 0 Å². The highest BCUT2D eigenvalue weighted by Crippen LogP contribution is 2.28. The maximum atomic E-state index is 13.0. The van der Waals surface area contributed by atoms with E-state index >= 15 is 0 Å². The van der Waals surface area contributed by atoms with Gasteiger partial charge in [0, 0.05) is 54.9 Å². The topological polar surface area (TPSA) is 32.3 Å². The quantitative estimate of drug-likeness (QED) is 0.611. The number of ketones is 1. The maximum Gasteiger partial charge on any atom is 0.168 e. The van der Waals surface area contributed by atoms with Crippen molar-refractivity contribution in [2.45, 2.75) is 32.6 Å². The van der Waals surface area contributed by atoms with E-state index in [1.54, 1.807) is 0 Å². The van der Waals surface area contributed by atoms with E-state index < -0.39 is 0 Å². The number of benzene rings is 1. The first-order valence-corrected chi connectivity index (χ1v) is 9.66. The third-order valence-electron chi connectivity index (χ3n) is 4.16. The first-order valence-electron chi connectivity index (χ1n) is 8.68. The Labute approximate surface area is 145 Å². The summed E-state index contributed by atoms with van der Waals surface area (Å²) in [6.45, 7) is 13.6. The van der Waals surface area contributed by atoms with E-state index in [1.165, 1.54) is 0 Å². The average molecular weight is 335 g/mol. The fraction of sp³-hybridized carbons (Fsp3) is 0.632. The van der Waals surface area contributed by atoms with E-state index in [1.807, 2.05) is 11.8 Å². The summed E-state index contributed by atoms with van der Waals surface area (Å²) in [5, 5.41) is 3.36. The lowest BCUT2D eigenvalue weighted by atomic mass is 9.97. The minimum absolute atomic E-state index is 0.0494. The van der Waals surface area contributed by atoms with Crippen LogP contribution in [0.3, 0.4) is 0 Å². The minimum Gasteiger partial charge on any atom is -0.314 e. The Hall–Kier alpha value is -0.840.